The number of aromatic nitrogens is 3. The maximum Gasteiger partial charge on any atom is 0.233 e. The molecule has 27 heavy (non-hydrogen) atoms. The molecule has 0 saturated carbocycles. The van der Waals surface area contributed by atoms with Crippen molar-refractivity contribution in [2.45, 2.75) is 17.6 Å². The Hall–Kier alpha value is -2.07. The van der Waals surface area contributed by atoms with Gasteiger partial charge in [-0.25, -0.2) is 8.42 Å². The van der Waals surface area contributed by atoms with Crippen molar-refractivity contribution in [1.82, 2.24) is 19.7 Å². The van der Waals surface area contributed by atoms with Crippen LogP contribution < -0.4 is 4.74 Å². The summed E-state index contributed by atoms with van der Waals surface area (Å²) in [6.45, 7) is 0. The summed E-state index contributed by atoms with van der Waals surface area (Å²) in [7, 11) is 2.07. The quantitative estimate of drug-likeness (QED) is 0.661. The molecule has 0 aliphatic carbocycles. The van der Waals surface area contributed by atoms with Gasteiger partial charge in [0.15, 0.2) is 20.8 Å². The van der Waals surface area contributed by atoms with E-state index in [0.717, 1.165) is 5.56 Å². The van der Waals surface area contributed by atoms with Gasteiger partial charge in [-0.05, 0) is 18.6 Å². The van der Waals surface area contributed by atoms with Crippen LogP contribution in [0.1, 0.15) is 6.42 Å². The molecular weight excluding hydrogens is 388 g/mol. The summed E-state index contributed by atoms with van der Waals surface area (Å²) in [6.07, 6.45) is 0.497. The van der Waals surface area contributed by atoms with E-state index in [-0.39, 0.29) is 29.2 Å². The van der Waals surface area contributed by atoms with E-state index in [2.05, 4.69) is 10.2 Å². The van der Waals surface area contributed by atoms with Crippen molar-refractivity contribution in [2.75, 3.05) is 31.4 Å². The number of carbonyl (C=O) groups is 1. The van der Waals surface area contributed by atoms with E-state index in [4.69, 9.17) is 4.74 Å². The van der Waals surface area contributed by atoms with Crippen molar-refractivity contribution in [3.05, 3.63) is 24.3 Å². The molecule has 2 aromatic rings. The molecule has 1 saturated heterocycles. The summed E-state index contributed by atoms with van der Waals surface area (Å²) in [4.78, 5) is 14.0. The summed E-state index contributed by atoms with van der Waals surface area (Å²) >= 11 is 1.28. The molecule has 1 aliphatic heterocycles. The SMILES string of the molecule is COc1ccccc1-c1nnc(SCC(=O)N(C)[C@@H]2CCS(=O)(=O)C2)n1C. The number of para-hydroxylation sites is 1. The van der Waals surface area contributed by atoms with Crippen LogP contribution in [0.25, 0.3) is 11.4 Å². The first kappa shape index (κ1) is 19.7. The topological polar surface area (TPSA) is 94.4 Å². The van der Waals surface area contributed by atoms with Crippen molar-refractivity contribution in [1.29, 1.82) is 0 Å². The zero-order chi connectivity index (χ0) is 19.6. The lowest BCUT2D eigenvalue weighted by atomic mass is 10.2. The van der Waals surface area contributed by atoms with Crippen LogP contribution in [0.2, 0.25) is 0 Å². The lowest BCUT2D eigenvalue weighted by molar-refractivity contribution is -0.128. The molecule has 2 heterocycles. The molecule has 3 rings (SSSR count). The van der Waals surface area contributed by atoms with E-state index < -0.39 is 9.84 Å². The van der Waals surface area contributed by atoms with Gasteiger partial charge in [0.2, 0.25) is 5.91 Å². The number of benzene rings is 1. The lowest BCUT2D eigenvalue weighted by Gasteiger charge is -2.23. The number of hydrogen-bond acceptors (Lipinski definition) is 7. The van der Waals surface area contributed by atoms with E-state index in [1.54, 1.807) is 14.2 Å². The first-order chi connectivity index (χ1) is 12.8. The van der Waals surface area contributed by atoms with Crippen LogP contribution in [-0.4, -0.2) is 71.4 Å². The molecule has 1 amide bonds. The van der Waals surface area contributed by atoms with Gasteiger partial charge in [-0.1, -0.05) is 23.9 Å². The number of hydrogen-bond donors (Lipinski definition) is 0. The van der Waals surface area contributed by atoms with E-state index in [9.17, 15) is 13.2 Å². The largest absolute Gasteiger partial charge is 0.496 e. The number of sulfone groups is 1. The third kappa shape index (κ3) is 4.27. The Labute approximate surface area is 162 Å². The minimum absolute atomic E-state index is 0.0435. The first-order valence-corrected chi connectivity index (χ1v) is 11.2. The van der Waals surface area contributed by atoms with Gasteiger partial charge in [0, 0.05) is 20.1 Å². The molecule has 146 valence electrons. The van der Waals surface area contributed by atoms with Gasteiger partial charge in [0.05, 0.1) is 29.9 Å². The van der Waals surface area contributed by atoms with Crippen molar-refractivity contribution < 1.29 is 17.9 Å². The third-order valence-electron chi connectivity index (χ3n) is 4.66. The van der Waals surface area contributed by atoms with Crippen LogP contribution in [0.5, 0.6) is 5.75 Å². The maximum atomic E-state index is 12.4. The van der Waals surface area contributed by atoms with Gasteiger partial charge in [0.25, 0.3) is 0 Å². The van der Waals surface area contributed by atoms with E-state index in [1.165, 1.54) is 16.7 Å². The van der Waals surface area contributed by atoms with Crippen LogP contribution in [0.3, 0.4) is 0 Å². The Morgan fingerprint density at radius 2 is 2.11 bits per heavy atom. The molecule has 0 bridgehead atoms. The summed E-state index contributed by atoms with van der Waals surface area (Å²) in [5, 5.41) is 9.00. The van der Waals surface area contributed by atoms with E-state index in [0.29, 0.717) is 23.2 Å². The van der Waals surface area contributed by atoms with Crippen molar-refractivity contribution >= 4 is 27.5 Å². The highest BCUT2D eigenvalue weighted by Gasteiger charge is 2.32. The Balaban J connectivity index is 1.67. The molecular formula is C17H22N4O4S2. The van der Waals surface area contributed by atoms with Crippen molar-refractivity contribution in [3.8, 4) is 17.1 Å². The number of methoxy groups -OCH3 is 1. The van der Waals surface area contributed by atoms with Gasteiger partial charge in [-0.15, -0.1) is 10.2 Å². The summed E-state index contributed by atoms with van der Waals surface area (Å²) in [6, 6.07) is 7.29. The Kier molecular flexibility index (Phi) is 5.75. The molecule has 1 aromatic carbocycles. The Bertz CT molecular complexity index is 942. The van der Waals surface area contributed by atoms with Gasteiger partial charge in [-0.2, -0.15) is 0 Å². The summed E-state index contributed by atoms with van der Waals surface area (Å²) < 4.78 is 30.4. The predicted octanol–water partition coefficient (Wildman–Crippen LogP) is 1.23. The van der Waals surface area contributed by atoms with Crippen LogP contribution in [0.15, 0.2) is 29.4 Å². The molecule has 0 unspecified atom stereocenters. The number of carbonyl (C=O) groups excluding carboxylic acids is 1. The monoisotopic (exact) mass is 410 g/mol. The first-order valence-electron chi connectivity index (χ1n) is 8.44. The number of thioether (sulfide) groups is 1. The second-order valence-corrected chi connectivity index (χ2v) is 9.59. The minimum atomic E-state index is -3.02. The van der Waals surface area contributed by atoms with Gasteiger partial charge < -0.3 is 14.2 Å². The molecule has 1 fully saturated rings. The Morgan fingerprint density at radius 1 is 1.37 bits per heavy atom. The predicted molar refractivity (Wildman–Crippen MR) is 104 cm³/mol. The fourth-order valence-corrected chi connectivity index (χ4v) is 5.63. The van der Waals surface area contributed by atoms with E-state index >= 15 is 0 Å². The van der Waals surface area contributed by atoms with Crippen LogP contribution >= 0.6 is 11.8 Å². The van der Waals surface area contributed by atoms with Gasteiger partial charge >= 0.3 is 0 Å². The molecule has 1 aromatic heterocycles. The standard InChI is InChI=1S/C17H22N4O4S2/c1-20(12-8-9-27(23,24)11-12)15(22)10-26-17-19-18-16(21(17)2)13-6-4-5-7-14(13)25-3/h4-7,12H,8-11H2,1-3H3/t12-/m1/s1. The average Bonchev–Trinajstić information content (AvgIpc) is 3.21. The van der Waals surface area contributed by atoms with Crippen LogP contribution in [0.4, 0.5) is 0 Å². The smallest absolute Gasteiger partial charge is 0.233 e. The normalized spacial score (nSPS) is 18.4. The molecule has 0 radical (unpaired) electrons. The highest BCUT2D eigenvalue weighted by atomic mass is 32.2. The maximum absolute atomic E-state index is 12.4. The Morgan fingerprint density at radius 3 is 2.78 bits per heavy atom. The van der Waals surface area contributed by atoms with Crippen molar-refractivity contribution in [2.24, 2.45) is 7.05 Å². The fraction of sp³-hybridized carbons (Fsp3) is 0.471. The lowest BCUT2D eigenvalue weighted by Crippen LogP contribution is -2.38. The number of rotatable bonds is 6. The van der Waals surface area contributed by atoms with Crippen molar-refractivity contribution in [3.63, 3.8) is 0 Å². The third-order valence-corrected chi connectivity index (χ3v) is 7.41. The minimum Gasteiger partial charge on any atom is -0.496 e. The average molecular weight is 411 g/mol. The highest BCUT2D eigenvalue weighted by Crippen LogP contribution is 2.30. The number of amides is 1. The number of ether oxygens (including phenoxy) is 1. The summed E-state index contributed by atoms with van der Waals surface area (Å²) in [5.74, 6) is 1.59. The zero-order valence-electron chi connectivity index (χ0n) is 15.5. The molecule has 8 nitrogen and oxygen atoms in total. The van der Waals surface area contributed by atoms with Crippen LogP contribution in [0, 0.1) is 0 Å². The molecule has 0 N–H and O–H groups in total. The fourth-order valence-electron chi connectivity index (χ4n) is 3.02. The van der Waals surface area contributed by atoms with Gasteiger partial charge in [-0.3, -0.25) is 4.79 Å². The highest BCUT2D eigenvalue weighted by molar-refractivity contribution is 7.99. The second-order valence-electron chi connectivity index (χ2n) is 6.42. The zero-order valence-corrected chi connectivity index (χ0v) is 17.1. The van der Waals surface area contributed by atoms with E-state index in [1.807, 2.05) is 35.9 Å². The molecule has 0 spiro atoms. The molecule has 1 atom stereocenters. The summed E-state index contributed by atoms with van der Waals surface area (Å²) in [5.41, 5.74) is 0.821. The van der Waals surface area contributed by atoms with Gasteiger partial charge in [0.1, 0.15) is 5.75 Å². The second kappa shape index (κ2) is 7.89. The molecule has 1 aliphatic rings. The molecule has 10 heteroatoms. The number of nitrogens with zero attached hydrogens (tertiary/aromatic N) is 4. The van der Waals surface area contributed by atoms with Crippen LogP contribution in [-0.2, 0) is 21.7 Å².